The maximum atomic E-state index is 13.1. The molecule has 1 aliphatic heterocycles. The molecular formula is C18H19FN2O3. The summed E-state index contributed by atoms with van der Waals surface area (Å²) in [5, 5.41) is 2.91. The van der Waals surface area contributed by atoms with Gasteiger partial charge in [-0.25, -0.2) is 4.39 Å². The second kappa shape index (κ2) is 6.88. The van der Waals surface area contributed by atoms with E-state index in [0.717, 1.165) is 5.56 Å². The summed E-state index contributed by atoms with van der Waals surface area (Å²) in [5.41, 5.74) is 1.45. The molecule has 0 saturated carbocycles. The summed E-state index contributed by atoms with van der Waals surface area (Å²) in [4.78, 5) is 14.4. The first-order valence-electron chi connectivity index (χ1n) is 7.64. The average molecular weight is 330 g/mol. The van der Waals surface area contributed by atoms with E-state index >= 15 is 0 Å². The summed E-state index contributed by atoms with van der Waals surface area (Å²) >= 11 is 0. The van der Waals surface area contributed by atoms with E-state index in [0.29, 0.717) is 23.6 Å². The van der Waals surface area contributed by atoms with Crippen molar-refractivity contribution in [3.63, 3.8) is 0 Å². The quantitative estimate of drug-likeness (QED) is 0.915. The van der Waals surface area contributed by atoms with Crippen molar-refractivity contribution in [2.24, 2.45) is 0 Å². The van der Waals surface area contributed by atoms with Gasteiger partial charge in [0.1, 0.15) is 5.82 Å². The summed E-state index contributed by atoms with van der Waals surface area (Å²) in [5.74, 6) is 0.747. The lowest BCUT2D eigenvalue weighted by Gasteiger charge is -2.25. The van der Waals surface area contributed by atoms with Crippen molar-refractivity contribution in [1.29, 1.82) is 0 Å². The van der Waals surface area contributed by atoms with Crippen molar-refractivity contribution in [3.05, 3.63) is 59.4 Å². The van der Waals surface area contributed by atoms with Crippen molar-refractivity contribution < 1.29 is 18.7 Å². The van der Waals surface area contributed by atoms with Crippen LogP contribution in [0.3, 0.4) is 0 Å². The van der Waals surface area contributed by atoms with Crippen LogP contribution in [0.25, 0.3) is 0 Å². The van der Waals surface area contributed by atoms with Gasteiger partial charge in [-0.3, -0.25) is 4.79 Å². The van der Waals surface area contributed by atoms with Crippen molar-refractivity contribution >= 4 is 5.91 Å². The third-order valence-corrected chi connectivity index (χ3v) is 3.97. The lowest BCUT2D eigenvalue weighted by atomic mass is 10.1. The molecule has 0 saturated heterocycles. The number of amides is 1. The predicted octanol–water partition coefficient (Wildman–Crippen LogP) is 2.59. The van der Waals surface area contributed by atoms with Gasteiger partial charge in [-0.1, -0.05) is 12.1 Å². The van der Waals surface area contributed by atoms with Crippen LogP contribution in [0.1, 0.15) is 22.0 Å². The molecule has 0 fully saturated rings. The van der Waals surface area contributed by atoms with Crippen LogP contribution in [0.4, 0.5) is 4.39 Å². The minimum atomic E-state index is -0.277. The Balaban J connectivity index is 1.68. The third-order valence-electron chi connectivity index (χ3n) is 3.97. The number of halogens is 1. The number of carbonyl (C=O) groups excluding carboxylic acids is 1. The van der Waals surface area contributed by atoms with Crippen LogP contribution >= 0.6 is 0 Å². The Morgan fingerprint density at radius 1 is 1.17 bits per heavy atom. The standard InChI is InChI=1S/C18H19FN2O3/c1-21(2)15(12-3-6-14(19)7-4-12)10-20-18(22)13-5-8-16-17(9-13)24-11-23-16/h3-9,15H,10-11H2,1-2H3,(H,20,22). The molecule has 1 heterocycles. The highest BCUT2D eigenvalue weighted by atomic mass is 19.1. The minimum absolute atomic E-state index is 0.0523. The Kier molecular flexibility index (Phi) is 4.66. The van der Waals surface area contributed by atoms with E-state index in [1.807, 2.05) is 19.0 Å². The number of nitrogens with one attached hydrogen (secondary N) is 1. The molecule has 6 heteroatoms. The summed E-state index contributed by atoms with van der Waals surface area (Å²) in [6.45, 7) is 0.583. The number of likely N-dealkylation sites (N-methyl/N-ethyl adjacent to an activating group) is 1. The lowest BCUT2D eigenvalue weighted by Crippen LogP contribution is -2.34. The highest BCUT2D eigenvalue weighted by molar-refractivity contribution is 5.94. The molecule has 0 aliphatic carbocycles. The summed E-state index contributed by atoms with van der Waals surface area (Å²) in [6, 6.07) is 11.3. The minimum Gasteiger partial charge on any atom is -0.454 e. The van der Waals surface area contributed by atoms with E-state index in [2.05, 4.69) is 5.32 Å². The monoisotopic (exact) mass is 330 g/mol. The maximum Gasteiger partial charge on any atom is 0.251 e. The molecule has 126 valence electrons. The molecule has 2 aromatic carbocycles. The molecule has 3 rings (SSSR count). The van der Waals surface area contributed by atoms with Gasteiger partial charge in [-0.15, -0.1) is 0 Å². The average Bonchev–Trinajstić information content (AvgIpc) is 3.03. The SMILES string of the molecule is CN(C)C(CNC(=O)c1ccc2c(c1)OCO2)c1ccc(F)cc1. The lowest BCUT2D eigenvalue weighted by molar-refractivity contribution is 0.0941. The zero-order chi connectivity index (χ0) is 17.1. The highest BCUT2D eigenvalue weighted by Crippen LogP contribution is 2.32. The van der Waals surface area contributed by atoms with E-state index < -0.39 is 0 Å². The number of nitrogens with zero attached hydrogens (tertiary/aromatic N) is 1. The molecule has 1 unspecified atom stereocenters. The number of benzene rings is 2. The maximum absolute atomic E-state index is 13.1. The molecule has 0 aromatic heterocycles. The van der Waals surface area contributed by atoms with Crippen LogP contribution in [0.2, 0.25) is 0 Å². The summed E-state index contributed by atoms with van der Waals surface area (Å²) < 4.78 is 23.6. The molecule has 1 N–H and O–H groups in total. The molecule has 0 spiro atoms. The van der Waals surface area contributed by atoms with Gasteiger partial charge in [-0.2, -0.15) is 0 Å². The predicted molar refractivity (Wildman–Crippen MR) is 87.7 cm³/mol. The molecule has 5 nitrogen and oxygen atoms in total. The molecule has 24 heavy (non-hydrogen) atoms. The molecule has 0 bridgehead atoms. The topological polar surface area (TPSA) is 50.8 Å². The fraction of sp³-hybridized carbons (Fsp3) is 0.278. The smallest absolute Gasteiger partial charge is 0.251 e. The molecule has 2 aromatic rings. The Bertz CT molecular complexity index is 732. The van der Waals surface area contributed by atoms with Gasteiger partial charge in [0, 0.05) is 12.1 Å². The van der Waals surface area contributed by atoms with E-state index in [-0.39, 0.29) is 24.6 Å². The molecule has 1 atom stereocenters. The van der Waals surface area contributed by atoms with Crippen LogP contribution in [0.15, 0.2) is 42.5 Å². The van der Waals surface area contributed by atoms with Crippen LogP contribution in [-0.4, -0.2) is 38.2 Å². The van der Waals surface area contributed by atoms with Crippen LogP contribution in [-0.2, 0) is 0 Å². The Labute approximate surface area is 140 Å². The van der Waals surface area contributed by atoms with Crippen LogP contribution in [0, 0.1) is 5.82 Å². The number of hydrogen-bond acceptors (Lipinski definition) is 4. The first-order chi connectivity index (χ1) is 11.5. The molecular weight excluding hydrogens is 311 g/mol. The fourth-order valence-corrected chi connectivity index (χ4v) is 2.61. The normalized spacial score (nSPS) is 13.8. The molecule has 1 amide bonds. The van der Waals surface area contributed by atoms with Crippen molar-refractivity contribution in [2.75, 3.05) is 27.4 Å². The number of hydrogen-bond donors (Lipinski definition) is 1. The molecule has 0 radical (unpaired) electrons. The summed E-state index contributed by atoms with van der Waals surface area (Å²) in [6.07, 6.45) is 0. The van der Waals surface area contributed by atoms with Gasteiger partial charge in [0.05, 0.1) is 6.04 Å². The van der Waals surface area contributed by atoms with E-state index in [4.69, 9.17) is 9.47 Å². The van der Waals surface area contributed by atoms with Gasteiger partial charge < -0.3 is 19.7 Å². The fourth-order valence-electron chi connectivity index (χ4n) is 2.61. The zero-order valence-electron chi connectivity index (χ0n) is 13.6. The van der Waals surface area contributed by atoms with Gasteiger partial charge in [0.2, 0.25) is 6.79 Å². The second-order valence-corrected chi connectivity index (χ2v) is 5.81. The second-order valence-electron chi connectivity index (χ2n) is 5.81. The third kappa shape index (κ3) is 3.49. The van der Waals surface area contributed by atoms with Crippen LogP contribution in [0.5, 0.6) is 11.5 Å². The van der Waals surface area contributed by atoms with E-state index in [1.165, 1.54) is 12.1 Å². The zero-order valence-corrected chi connectivity index (χ0v) is 13.6. The van der Waals surface area contributed by atoms with Crippen molar-refractivity contribution in [3.8, 4) is 11.5 Å². The first kappa shape index (κ1) is 16.3. The Hall–Kier alpha value is -2.60. The van der Waals surface area contributed by atoms with Gasteiger partial charge >= 0.3 is 0 Å². The van der Waals surface area contributed by atoms with E-state index in [9.17, 15) is 9.18 Å². The van der Waals surface area contributed by atoms with E-state index in [1.54, 1.807) is 30.3 Å². The van der Waals surface area contributed by atoms with Crippen molar-refractivity contribution in [2.45, 2.75) is 6.04 Å². The number of fused-ring (bicyclic) bond motifs is 1. The summed E-state index contributed by atoms with van der Waals surface area (Å²) in [7, 11) is 3.83. The number of carbonyl (C=O) groups is 1. The Morgan fingerprint density at radius 3 is 2.58 bits per heavy atom. The van der Waals surface area contributed by atoms with Gasteiger partial charge in [0.15, 0.2) is 11.5 Å². The number of rotatable bonds is 5. The Morgan fingerprint density at radius 2 is 1.88 bits per heavy atom. The largest absolute Gasteiger partial charge is 0.454 e. The van der Waals surface area contributed by atoms with Gasteiger partial charge in [0.25, 0.3) is 5.91 Å². The first-order valence-corrected chi connectivity index (χ1v) is 7.64. The number of ether oxygens (including phenoxy) is 2. The molecule has 1 aliphatic rings. The van der Waals surface area contributed by atoms with Gasteiger partial charge in [-0.05, 0) is 50.0 Å². The van der Waals surface area contributed by atoms with Crippen molar-refractivity contribution in [1.82, 2.24) is 10.2 Å². The highest BCUT2D eigenvalue weighted by Gasteiger charge is 2.18. The van der Waals surface area contributed by atoms with Crippen LogP contribution < -0.4 is 14.8 Å².